The first-order valence-corrected chi connectivity index (χ1v) is 8.36. The number of carbonyl (C=O) groups excluding carboxylic acids is 1. The molecule has 1 heterocycles. The number of carboxylic acids is 1. The molecule has 1 amide bonds. The Hall–Kier alpha value is -3.34. The topological polar surface area (TPSA) is 82.2 Å². The summed E-state index contributed by atoms with van der Waals surface area (Å²) in [5.74, 6) is -1.49. The van der Waals surface area contributed by atoms with Crippen LogP contribution in [0.15, 0.2) is 60.8 Å². The van der Waals surface area contributed by atoms with Crippen molar-refractivity contribution in [2.45, 2.75) is 19.4 Å². The molecule has 26 heavy (non-hydrogen) atoms. The normalized spacial score (nSPS) is 12.3. The summed E-state index contributed by atoms with van der Waals surface area (Å²) in [4.78, 5) is 26.9. The average molecular weight is 348 g/mol. The second-order valence-electron chi connectivity index (χ2n) is 6.15. The number of amides is 1. The lowest BCUT2D eigenvalue weighted by molar-refractivity contribution is -0.141. The van der Waals surface area contributed by atoms with Crippen molar-refractivity contribution in [2.24, 2.45) is 0 Å². The first kappa shape index (κ1) is 17.5. The molecule has 1 aromatic heterocycles. The van der Waals surface area contributed by atoms with Crippen LogP contribution in [0.4, 0.5) is 0 Å². The summed E-state index contributed by atoms with van der Waals surface area (Å²) in [6.07, 6.45) is 5.06. The van der Waals surface area contributed by atoms with Gasteiger partial charge in [0.15, 0.2) is 0 Å². The highest BCUT2D eigenvalue weighted by atomic mass is 16.4. The van der Waals surface area contributed by atoms with E-state index in [1.807, 2.05) is 55.5 Å². The number of H-pyrrole nitrogens is 1. The molecule has 3 aromatic rings. The number of aromatic nitrogens is 1. The van der Waals surface area contributed by atoms with Gasteiger partial charge in [-0.25, -0.2) is 4.79 Å². The fraction of sp³-hybridized carbons (Fsp3) is 0.143. The molecule has 0 aliphatic heterocycles. The lowest BCUT2D eigenvalue weighted by atomic mass is 10.0. The van der Waals surface area contributed by atoms with E-state index in [0.717, 1.165) is 27.6 Å². The Morgan fingerprint density at radius 2 is 1.88 bits per heavy atom. The van der Waals surface area contributed by atoms with E-state index in [4.69, 9.17) is 0 Å². The Labute approximate surface area is 151 Å². The van der Waals surface area contributed by atoms with E-state index in [9.17, 15) is 14.7 Å². The molecule has 1 atom stereocenters. The SMILES string of the molecule is Cc1ccccc1C=CC(=O)N[C@@H](Cc1c[nH]c2ccccc12)C(=O)O. The molecule has 0 aliphatic rings. The molecule has 5 nitrogen and oxygen atoms in total. The van der Waals surface area contributed by atoms with Crippen molar-refractivity contribution >= 4 is 28.9 Å². The first-order chi connectivity index (χ1) is 12.5. The Balaban J connectivity index is 1.71. The zero-order valence-corrected chi connectivity index (χ0v) is 14.4. The molecule has 0 saturated heterocycles. The minimum absolute atomic E-state index is 0.212. The van der Waals surface area contributed by atoms with Crippen molar-refractivity contribution in [3.05, 3.63) is 77.5 Å². The number of nitrogens with one attached hydrogen (secondary N) is 2. The monoisotopic (exact) mass is 348 g/mol. The standard InChI is InChI=1S/C21H20N2O3/c1-14-6-2-3-7-15(14)10-11-20(24)23-19(21(25)26)12-16-13-22-18-9-5-4-8-17(16)18/h2-11,13,19,22H,12H2,1H3,(H,23,24)(H,25,26)/t19-/m0/s1. The molecule has 132 valence electrons. The number of benzene rings is 2. The van der Waals surface area contributed by atoms with Crippen molar-refractivity contribution < 1.29 is 14.7 Å². The Morgan fingerprint density at radius 3 is 2.65 bits per heavy atom. The summed E-state index contributed by atoms with van der Waals surface area (Å²) >= 11 is 0. The smallest absolute Gasteiger partial charge is 0.326 e. The molecule has 5 heteroatoms. The summed E-state index contributed by atoms with van der Waals surface area (Å²) in [6, 6.07) is 14.3. The Bertz CT molecular complexity index is 972. The van der Waals surface area contributed by atoms with Crippen LogP contribution in [0, 0.1) is 6.92 Å². The van der Waals surface area contributed by atoms with Gasteiger partial charge in [-0.3, -0.25) is 4.79 Å². The third kappa shape index (κ3) is 4.00. The van der Waals surface area contributed by atoms with Crippen LogP contribution < -0.4 is 5.32 Å². The van der Waals surface area contributed by atoms with Gasteiger partial charge >= 0.3 is 5.97 Å². The van der Waals surface area contributed by atoms with E-state index in [1.54, 1.807) is 12.3 Å². The number of carboxylic acid groups (broad SMARTS) is 1. The van der Waals surface area contributed by atoms with Gasteiger partial charge in [0, 0.05) is 29.6 Å². The van der Waals surface area contributed by atoms with Crippen molar-refractivity contribution in [3.8, 4) is 0 Å². The van der Waals surface area contributed by atoms with Gasteiger partial charge in [-0.15, -0.1) is 0 Å². The van der Waals surface area contributed by atoms with Crippen LogP contribution in [-0.4, -0.2) is 28.0 Å². The molecule has 0 bridgehead atoms. The lowest BCUT2D eigenvalue weighted by Gasteiger charge is -2.13. The minimum atomic E-state index is -1.06. The molecular formula is C21H20N2O3. The number of aryl methyl sites for hydroxylation is 1. The molecule has 0 unspecified atom stereocenters. The summed E-state index contributed by atoms with van der Waals surface area (Å²) in [5, 5.41) is 13.0. The Morgan fingerprint density at radius 1 is 1.15 bits per heavy atom. The number of rotatable bonds is 6. The molecule has 0 aliphatic carbocycles. The maximum Gasteiger partial charge on any atom is 0.326 e. The van der Waals surface area contributed by atoms with Gasteiger partial charge in [-0.05, 0) is 35.8 Å². The zero-order valence-electron chi connectivity index (χ0n) is 14.4. The molecular weight excluding hydrogens is 328 g/mol. The molecule has 0 saturated carbocycles. The van der Waals surface area contributed by atoms with Gasteiger partial charge in [0.05, 0.1) is 0 Å². The number of para-hydroxylation sites is 1. The molecule has 0 spiro atoms. The number of fused-ring (bicyclic) bond motifs is 1. The van der Waals surface area contributed by atoms with Crippen molar-refractivity contribution in [1.82, 2.24) is 10.3 Å². The predicted molar refractivity (Wildman–Crippen MR) is 102 cm³/mol. The lowest BCUT2D eigenvalue weighted by Crippen LogP contribution is -2.41. The number of aromatic amines is 1. The minimum Gasteiger partial charge on any atom is -0.480 e. The van der Waals surface area contributed by atoms with Crippen LogP contribution in [0.2, 0.25) is 0 Å². The Kier molecular flexibility index (Phi) is 5.17. The van der Waals surface area contributed by atoms with E-state index in [1.165, 1.54) is 6.08 Å². The van der Waals surface area contributed by atoms with E-state index in [-0.39, 0.29) is 6.42 Å². The largest absolute Gasteiger partial charge is 0.480 e. The van der Waals surface area contributed by atoms with E-state index < -0.39 is 17.9 Å². The van der Waals surface area contributed by atoms with E-state index in [2.05, 4.69) is 10.3 Å². The van der Waals surface area contributed by atoms with Crippen LogP contribution >= 0.6 is 0 Å². The van der Waals surface area contributed by atoms with Gasteiger partial charge in [-0.1, -0.05) is 42.5 Å². The molecule has 3 N–H and O–H groups in total. The van der Waals surface area contributed by atoms with Gasteiger partial charge in [0.25, 0.3) is 0 Å². The third-order valence-electron chi connectivity index (χ3n) is 4.32. The van der Waals surface area contributed by atoms with E-state index >= 15 is 0 Å². The van der Waals surface area contributed by atoms with Gasteiger partial charge in [0.2, 0.25) is 5.91 Å². The summed E-state index contributed by atoms with van der Waals surface area (Å²) in [5.41, 5.74) is 3.77. The van der Waals surface area contributed by atoms with E-state index in [0.29, 0.717) is 0 Å². The predicted octanol–water partition coefficient (Wildman–Crippen LogP) is 3.30. The van der Waals surface area contributed by atoms with Crippen LogP contribution in [0.3, 0.4) is 0 Å². The number of carbonyl (C=O) groups is 2. The maximum absolute atomic E-state index is 12.2. The quantitative estimate of drug-likeness (QED) is 0.598. The molecule has 0 fully saturated rings. The third-order valence-corrected chi connectivity index (χ3v) is 4.32. The number of aliphatic carboxylic acids is 1. The zero-order chi connectivity index (χ0) is 18.5. The molecule has 2 aromatic carbocycles. The van der Waals surface area contributed by atoms with Crippen LogP contribution in [0.25, 0.3) is 17.0 Å². The van der Waals surface area contributed by atoms with Crippen molar-refractivity contribution in [2.75, 3.05) is 0 Å². The second-order valence-corrected chi connectivity index (χ2v) is 6.15. The number of hydrogen-bond donors (Lipinski definition) is 3. The highest BCUT2D eigenvalue weighted by molar-refractivity contribution is 5.95. The van der Waals surface area contributed by atoms with Gasteiger partial charge in [-0.2, -0.15) is 0 Å². The highest BCUT2D eigenvalue weighted by Gasteiger charge is 2.21. The first-order valence-electron chi connectivity index (χ1n) is 8.36. The van der Waals surface area contributed by atoms with Crippen LogP contribution in [0.5, 0.6) is 0 Å². The summed E-state index contributed by atoms with van der Waals surface area (Å²) < 4.78 is 0. The maximum atomic E-state index is 12.2. The van der Waals surface area contributed by atoms with Gasteiger partial charge < -0.3 is 15.4 Å². The molecule has 3 rings (SSSR count). The van der Waals surface area contributed by atoms with Crippen molar-refractivity contribution in [3.63, 3.8) is 0 Å². The summed E-state index contributed by atoms with van der Waals surface area (Å²) in [7, 11) is 0. The van der Waals surface area contributed by atoms with Gasteiger partial charge in [0.1, 0.15) is 6.04 Å². The van der Waals surface area contributed by atoms with Crippen LogP contribution in [0.1, 0.15) is 16.7 Å². The average Bonchev–Trinajstić information content (AvgIpc) is 3.03. The fourth-order valence-corrected chi connectivity index (χ4v) is 2.88. The second kappa shape index (κ2) is 7.70. The van der Waals surface area contributed by atoms with Crippen LogP contribution in [-0.2, 0) is 16.0 Å². The highest BCUT2D eigenvalue weighted by Crippen LogP contribution is 2.19. The molecule has 0 radical (unpaired) electrons. The summed E-state index contributed by atoms with van der Waals surface area (Å²) in [6.45, 7) is 1.95. The fourth-order valence-electron chi connectivity index (χ4n) is 2.88. The van der Waals surface area contributed by atoms with Crippen molar-refractivity contribution in [1.29, 1.82) is 0 Å². The number of hydrogen-bond acceptors (Lipinski definition) is 2.